The summed E-state index contributed by atoms with van der Waals surface area (Å²) in [5, 5.41) is 11.5. The summed E-state index contributed by atoms with van der Waals surface area (Å²) in [6, 6.07) is 6.05. The minimum atomic E-state index is -0.507. The molecule has 0 amide bonds. The Morgan fingerprint density at radius 1 is 1.10 bits per heavy atom. The molecule has 1 unspecified atom stereocenters. The summed E-state index contributed by atoms with van der Waals surface area (Å²) < 4.78 is 0. The van der Waals surface area contributed by atoms with Gasteiger partial charge in [-0.05, 0) is 46.0 Å². The van der Waals surface area contributed by atoms with Gasteiger partial charge in [-0.3, -0.25) is 4.98 Å². The SMILES string of the molecule is Cc1nc2c(C(O)CN(C)C)cccc2c(C)c1C.Cl.Cl. The van der Waals surface area contributed by atoms with Crippen LogP contribution in [0, 0.1) is 20.8 Å². The normalized spacial score (nSPS) is 12.0. The van der Waals surface area contributed by atoms with E-state index in [2.05, 4.69) is 24.9 Å². The summed E-state index contributed by atoms with van der Waals surface area (Å²) >= 11 is 0. The summed E-state index contributed by atoms with van der Waals surface area (Å²) in [4.78, 5) is 6.67. The van der Waals surface area contributed by atoms with Crippen LogP contribution in [0.25, 0.3) is 10.9 Å². The molecule has 2 aromatic rings. The third-order valence-electron chi connectivity index (χ3n) is 3.75. The van der Waals surface area contributed by atoms with E-state index in [-0.39, 0.29) is 24.8 Å². The number of hydrogen-bond donors (Lipinski definition) is 1. The highest BCUT2D eigenvalue weighted by molar-refractivity contribution is 5.86. The molecule has 1 aromatic heterocycles. The van der Waals surface area contributed by atoms with Crippen LogP contribution in [0.4, 0.5) is 0 Å². The number of benzene rings is 1. The van der Waals surface area contributed by atoms with E-state index in [1.807, 2.05) is 38.1 Å². The first-order chi connectivity index (χ1) is 8.91. The van der Waals surface area contributed by atoms with Crippen LogP contribution >= 0.6 is 24.8 Å². The number of aromatic nitrogens is 1. The molecule has 0 saturated carbocycles. The Balaban J connectivity index is 0.00000200. The van der Waals surface area contributed by atoms with Gasteiger partial charge < -0.3 is 10.0 Å². The minimum Gasteiger partial charge on any atom is -0.387 e. The van der Waals surface area contributed by atoms with E-state index in [9.17, 15) is 5.11 Å². The number of para-hydroxylation sites is 1. The lowest BCUT2D eigenvalue weighted by Gasteiger charge is -2.19. The van der Waals surface area contributed by atoms with Crippen molar-refractivity contribution in [3.8, 4) is 0 Å². The predicted molar refractivity (Wildman–Crippen MR) is 94.0 cm³/mol. The molecule has 1 aromatic carbocycles. The van der Waals surface area contributed by atoms with Crippen molar-refractivity contribution in [3.05, 3.63) is 40.6 Å². The maximum atomic E-state index is 10.4. The van der Waals surface area contributed by atoms with Gasteiger partial charge in [0.25, 0.3) is 0 Å². The summed E-state index contributed by atoms with van der Waals surface area (Å²) in [5.74, 6) is 0. The molecule has 1 N–H and O–H groups in total. The molecular weight excluding hydrogens is 307 g/mol. The van der Waals surface area contributed by atoms with Gasteiger partial charge in [0.05, 0.1) is 11.6 Å². The third-order valence-corrected chi connectivity index (χ3v) is 3.75. The van der Waals surface area contributed by atoms with Crippen molar-refractivity contribution in [1.29, 1.82) is 0 Å². The monoisotopic (exact) mass is 330 g/mol. The molecule has 5 heteroatoms. The Bertz CT molecular complexity index is 615. The molecule has 0 aliphatic heterocycles. The highest BCUT2D eigenvalue weighted by Gasteiger charge is 2.15. The second-order valence-corrected chi connectivity index (χ2v) is 5.47. The first-order valence-electron chi connectivity index (χ1n) is 6.61. The molecule has 21 heavy (non-hydrogen) atoms. The standard InChI is InChI=1S/C16H22N2O.2ClH/c1-10-11(2)13-7-6-8-14(15(19)9-18(4)5)16(13)17-12(10)3;;/h6-8,15,19H,9H2,1-5H3;2*1H. The molecule has 1 atom stereocenters. The van der Waals surface area contributed by atoms with E-state index in [1.165, 1.54) is 11.1 Å². The van der Waals surface area contributed by atoms with Crippen LogP contribution in [0.1, 0.15) is 28.5 Å². The Labute approximate surface area is 139 Å². The molecule has 1 heterocycles. The first kappa shape index (κ1) is 20.1. The fraction of sp³-hybridized carbons (Fsp3) is 0.438. The molecule has 118 valence electrons. The highest BCUT2D eigenvalue weighted by atomic mass is 35.5. The number of likely N-dealkylation sites (N-methyl/N-ethyl adjacent to an activating group) is 1. The van der Waals surface area contributed by atoms with Gasteiger partial charge in [-0.2, -0.15) is 0 Å². The summed E-state index contributed by atoms with van der Waals surface area (Å²) in [6.07, 6.45) is -0.507. The van der Waals surface area contributed by atoms with E-state index in [1.54, 1.807) is 0 Å². The van der Waals surface area contributed by atoms with Crippen LogP contribution < -0.4 is 0 Å². The molecule has 0 fully saturated rings. The Kier molecular flexibility index (Phi) is 7.62. The van der Waals surface area contributed by atoms with Crippen LogP contribution in [0.5, 0.6) is 0 Å². The van der Waals surface area contributed by atoms with Gasteiger partial charge in [0.1, 0.15) is 0 Å². The molecule has 2 rings (SSSR count). The fourth-order valence-electron chi connectivity index (χ4n) is 2.43. The van der Waals surface area contributed by atoms with Gasteiger partial charge in [-0.1, -0.05) is 18.2 Å². The lowest BCUT2D eigenvalue weighted by Crippen LogP contribution is -2.20. The van der Waals surface area contributed by atoms with Gasteiger partial charge in [0.2, 0.25) is 0 Å². The molecule has 3 nitrogen and oxygen atoms in total. The number of aliphatic hydroxyl groups excluding tert-OH is 1. The van der Waals surface area contributed by atoms with Crippen molar-refractivity contribution < 1.29 is 5.11 Å². The average molecular weight is 331 g/mol. The van der Waals surface area contributed by atoms with Crippen LogP contribution in [-0.2, 0) is 0 Å². The Morgan fingerprint density at radius 3 is 2.29 bits per heavy atom. The van der Waals surface area contributed by atoms with E-state index >= 15 is 0 Å². The maximum Gasteiger partial charge on any atom is 0.0937 e. The maximum absolute atomic E-state index is 10.4. The largest absolute Gasteiger partial charge is 0.387 e. The topological polar surface area (TPSA) is 36.4 Å². The second kappa shape index (κ2) is 7.95. The van der Waals surface area contributed by atoms with Crippen molar-refractivity contribution in [3.63, 3.8) is 0 Å². The van der Waals surface area contributed by atoms with E-state index in [4.69, 9.17) is 0 Å². The number of rotatable bonds is 3. The lowest BCUT2D eigenvalue weighted by molar-refractivity contribution is 0.139. The fourth-order valence-corrected chi connectivity index (χ4v) is 2.43. The van der Waals surface area contributed by atoms with Gasteiger partial charge >= 0.3 is 0 Å². The van der Waals surface area contributed by atoms with Gasteiger partial charge in [0, 0.05) is 23.2 Å². The van der Waals surface area contributed by atoms with E-state index in [0.717, 1.165) is 22.2 Å². The predicted octanol–water partition coefficient (Wildman–Crippen LogP) is 3.60. The van der Waals surface area contributed by atoms with Crippen molar-refractivity contribution >= 4 is 35.7 Å². The van der Waals surface area contributed by atoms with Crippen molar-refractivity contribution in [2.75, 3.05) is 20.6 Å². The lowest BCUT2D eigenvalue weighted by atomic mass is 9.98. The summed E-state index contributed by atoms with van der Waals surface area (Å²) in [5.41, 5.74) is 5.36. The molecule has 0 bridgehead atoms. The van der Waals surface area contributed by atoms with Crippen LogP contribution in [0.15, 0.2) is 18.2 Å². The minimum absolute atomic E-state index is 0. The van der Waals surface area contributed by atoms with Crippen LogP contribution in [0.3, 0.4) is 0 Å². The van der Waals surface area contributed by atoms with Gasteiger partial charge in [0.15, 0.2) is 0 Å². The van der Waals surface area contributed by atoms with Gasteiger partial charge in [-0.15, -0.1) is 24.8 Å². The van der Waals surface area contributed by atoms with Crippen LogP contribution in [0.2, 0.25) is 0 Å². The smallest absolute Gasteiger partial charge is 0.0937 e. The molecular formula is C16H24Cl2N2O. The number of aryl methyl sites for hydroxylation is 2. The first-order valence-corrected chi connectivity index (χ1v) is 6.61. The zero-order valence-electron chi connectivity index (χ0n) is 13.2. The Hall–Kier alpha value is -0.870. The van der Waals surface area contributed by atoms with E-state index in [0.29, 0.717) is 6.54 Å². The third kappa shape index (κ3) is 4.07. The summed E-state index contributed by atoms with van der Waals surface area (Å²) in [6.45, 7) is 6.85. The quantitative estimate of drug-likeness (QED) is 0.934. The van der Waals surface area contributed by atoms with E-state index < -0.39 is 6.10 Å². The highest BCUT2D eigenvalue weighted by Crippen LogP contribution is 2.28. The summed E-state index contributed by atoms with van der Waals surface area (Å²) in [7, 11) is 3.92. The molecule has 0 radical (unpaired) electrons. The number of pyridine rings is 1. The van der Waals surface area contributed by atoms with Crippen molar-refractivity contribution in [2.24, 2.45) is 0 Å². The van der Waals surface area contributed by atoms with Crippen molar-refractivity contribution in [1.82, 2.24) is 9.88 Å². The molecule has 0 spiro atoms. The molecule has 0 aliphatic carbocycles. The number of hydrogen-bond acceptors (Lipinski definition) is 3. The zero-order valence-corrected chi connectivity index (χ0v) is 14.8. The van der Waals surface area contributed by atoms with Crippen LogP contribution in [-0.4, -0.2) is 35.6 Å². The number of aliphatic hydroxyl groups is 1. The average Bonchev–Trinajstić information content (AvgIpc) is 2.34. The second-order valence-electron chi connectivity index (χ2n) is 5.47. The number of halogens is 2. The zero-order chi connectivity index (χ0) is 14.2. The number of fused-ring (bicyclic) bond motifs is 1. The molecule has 0 aliphatic rings. The Morgan fingerprint density at radius 2 is 1.71 bits per heavy atom. The number of nitrogens with zero attached hydrogens (tertiary/aromatic N) is 2. The molecule has 0 saturated heterocycles. The van der Waals surface area contributed by atoms with Gasteiger partial charge in [-0.25, -0.2) is 0 Å². The van der Waals surface area contributed by atoms with Crippen molar-refractivity contribution in [2.45, 2.75) is 26.9 Å².